The van der Waals surface area contributed by atoms with Crippen molar-refractivity contribution in [1.29, 1.82) is 0 Å². The number of aliphatic hydroxyl groups excluding tert-OH is 1. The number of H-pyrrole nitrogens is 1. The summed E-state index contributed by atoms with van der Waals surface area (Å²) in [6, 6.07) is 7.32. The lowest BCUT2D eigenvalue weighted by Gasteiger charge is -2.18. The van der Waals surface area contributed by atoms with Gasteiger partial charge in [0.15, 0.2) is 5.82 Å². The predicted octanol–water partition coefficient (Wildman–Crippen LogP) is 1.15. The summed E-state index contributed by atoms with van der Waals surface area (Å²) in [7, 11) is 0. The van der Waals surface area contributed by atoms with Crippen LogP contribution in [0.2, 0.25) is 0 Å². The second-order valence-electron chi connectivity index (χ2n) is 6.17. The van der Waals surface area contributed by atoms with E-state index in [0.29, 0.717) is 18.8 Å². The van der Waals surface area contributed by atoms with Gasteiger partial charge in [0.2, 0.25) is 11.8 Å². The van der Waals surface area contributed by atoms with Crippen LogP contribution in [0.3, 0.4) is 0 Å². The number of aromatic nitrogens is 2. The molecule has 3 rings (SSSR count). The van der Waals surface area contributed by atoms with Gasteiger partial charge in [0.05, 0.1) is 24.1 Å². The number of aromatic amines is 1. The van der Waals surface area contributed by atoms with Crippen LogP contribution >= 0.6 is 11.8 Å². The Kier molecular flexibility index (Phi) is 5.60. The van der Waals surface area contributed by atoms with Crippen LogP contribution in [-0.4, -0.2) is 58.3 Å². The topological polar surface area (TPSA) is 98.3 Å². The Labute approximate surface area is 150 Å². The van der Waals surface area contributed by atoms with Crippen LogP contribution in [0, 0.1) is 5.92 Å². The maximum Gasteiger partial charge on any atom is 0.229 e. The lowest BCUT2D eigenvalue weighted by Crippen LogP contribution is -2.42. The molecule has 0 radical (unpaired) electrons. The van der Waals surface area contributed by atoms with E-state index in [2.05, 4.69) is 15.5 Å². The van der Waals surface area contributed by atoms with Crippen molar-refractivity contribution < 1.29 is 14.7 Å². The zero-order valence-corrected chi connectivity index (χ0v) is 14.9. The first-order valence-corrected chi connectivity index (χ1v) is 9.67. The number of carbonyl (C=O) groups excluding carboxylic acids is 2. The van der Waals surface area contributed by atoms with Gasteiger partial charge in [-0.15, -0.1) is 0 Å². The van der Waals surface area contributed by atoms with Crippen LogP contribution in [0.5, 0.6) is 0 Å². The number of fused-ring (bicyclic) bond motifs is 1. The first kappa shape index (κ1) is 17.8. The molecule has 2 heterocycles. The largest absolute Gasteiger partial charge is 0.394 e. The fourth-order valence-corrected chi connectivity index (χ4v) is 3.55. The molecule has 25 heavy (non-hydrogen) atoms. The van der Waals surface area contributed by atoms with Crippen molar-refractivity contribution >= 4 is 40.3 Å². The number of benzene rings is 1. The van der Waals surface area contributed by atoms with E-state index in [1.807, 2.05) is 30.5 Å². The van der Waals surface area contributed by atoms with Crippen molar-refractivity contribution in [3.8, 4) is 0 Å². The summed E-state index contributed by atoms with van der Waals surface area (Å²) in [6.45, 7) is 0.209. The van der Waals surface area contributed by atoms with Gasteiger partial charge >= 0.3 is 0 Å². The minimum atomic E-state index is -0.425. The van der Waals surface area contributed by atoms with Crippen LogP contribution in [0.1, 0.15) is 12.8 Å². The Balaban J connectivity index is 1.68. The highest BCUT2D eigenvalue weighted by Gasteiger charge is 2.37. The average molecular weight is 362 g/mol. The Morgan fingerprint density at radius 2 is 2.32 bits per heavy atom. The van der Waals surface area contributed by atoms with Crippen LogP contribution < -0.4 is 10.2 Å². The van der Waals surface area contributed by atoms with Gasteiger partial charge in [-0.05, 0) is 30.6 Å². The van der Waals surface area contributed by atoms with E-state index >= 15 is 0 Å². The summed E-state index contributed by atoms with van der Waals surface area (Å²) in [5, 5.41) is 20.3. The number of hydrogen-bond acceptors (Lipinski definition) is 5. The highest BCUT2D eigenvalue weighted by molar-refractivity contribution is 7.98. The number of carbonyl (C=O) groups is 2. The number of aliphatic hydroxyl groups is 1. The van der Waals surface area contributed by atoms with Crippen molar-refractivity contribution in [2.75, 3.05) is 30.1 Å². The molecule has 0 spiro atoms. The molecule has 2 aromatic rings. The van der Waals surface area contributed by atoms with E-state index in [9.17, 15) is 14.7 Å². The maximum atomic E-state index is 12.5. The van der Waals surface area contributed by atoms with E-state index in [0.717, 1.165) is 16.7 Å². The molecule has 134 valence electrons. The molecule has 1 aliphatic rings. The molecule has 0 unspecified atom stereocenters. The van der Waals surface area contributed by atoms with E-state index in [4.69, 9.17) is 0 Å². The molecular formula is C17H22N4O3S. The van der Waals surface area contributed by atoms with Gasteiger partial charge in [-0.1, -0.05) is 12.1 Å². The fourth-order valence-electron chi connectivity index (χ4n) is 3.03. The number of nitrogens with one attached hydrogen (secondary N) is 2. The van der Waals surface area contributed by atoms with E-state index in [1.54, 1.807) is 16.7 Å². The number of thioether (sulfide) groups is 1. The molecule has 1 saturated heterocycles. The second kappa shape index (κ2) is 7.88. The Morgan fingerprint density at radius 1 is 1.52 bits per heavy atom. The smallest absolute Gasteiger partial charge is 0.229 e. The van der Waals surface area contributed by atoms with E-state index < -0.39 is 5.92 Å². The van der Waals surface area contributed by atoms with Crippen molar-refractivity contribution in [3.05, 3.63) is 24.3 Å². The number of hydrogen-bond donors (Lipinski definition) is 3. The lowest BCUT2D eigenvalue weighted by molar-refractivity contribution is -0.127. The van der Waals surface area contributed by atoms with Crippen LogP contribution in [0.25, 0.3) is 10.9 Å². The quantitative estimate of drug-likeness (QED) is 0.686. The Bertz CT molecular complexity index is 763. The highest BCUT2D eigenvalue weighted by atomic mass is 32.2. The Morgan fingerprint density at radius 3 is 3.08 bits per heavy atom. The van der Waals surface area contributed by atoms with Gasteiger partial charge < -0.3 is 10.4 Å². The fraction of sp³-hybridized carbons (Fsp3) is 0.471. The van der Waals surface area contributed by atoms with Crippen molar-refractivity contribution in [1.82, 2.24) is 15.5 Å². The Hall–Kier alpha value is -2.06. The third-order valence-electron chi connectivity index (χ3n) is 4.44. The van der Waals surface area contributed by atoms with Crippen LogP contribution in [0.15, 0.2) is 24.3 Å². The third-order valence-corrected chi connectivity index (χ3v) is 5.08. The molecule has 1 aliphatic heterocycles. The zero-order valence-electron chi connectivity index (χ0n) is 14.1. The van der Waals surface area contributed by atoms with Crippen LogP contribution in [-0.2, 0) is 9.59 Å². The molecule has 1 aromatic heterocycles. The summed E-state index contributed by atoms with van der Waals surface area (Å²) >= 11 is 1.67. The lowest BCUT2D eigenvalue weighted by atomic mass is 10.1. The molecule has 1 aromatic carbocycles. The summed E-state index contributed by atoms with van der Waals surface area (Å²) in [4.78, 5) is 26.4. The van der Waals surface area contributed by atoms with Gasteiger partial charge in [-0.25, -0.2) is 0 Å². The summed E-state index contributed by atoms with van der Waals surface area (Å²) in [5.74, 6) is 0.710. The van der Waals surface area contributed by atoms with Gasteiger partial charge in [0.1, 0.15) is 0 Å². The first-order chi connectivity index (χ1) is 12.1. The normalized spacial score (nSPS) is 18.7. The van der Waals surface area contributed by atoms with Gasteiger partial charge in [0, 0.05) is 18.4 Å². The molecule has 7 nitrogen and oxygen atoms in total. The summed E-state index contributed by atoms with van der Waals surface area (Å²) < 4.78 is 0. The SMILES string of the molecule is CSCC[C@@H](CO)NC(=O)[C@@H]1CC(=O)N(c2n[nH]c3ccccc23)C1. The maximum absolute atomic E-state index is 12.5. The summed E-state index contributed by atoms with van der Waals surface area (Å²) in [6.07, 6.45) is 2.85. The number of rotatable bonds is 7. The molecule has 0 aliphatic carbocycles. The van der Waals surface area contributed by atoms with Gasteiger partial charge in [-0.2, -0.15) is 16.9 Å². The highest BCUT2D eigenvalue weighted by Crippen LogP contribution is 2.29. The number of nitrogens with zero attached hydrogens (tertiary/aromatic N) is 2. The minimum absolute atomic E-state index is 0.0965. The van der Waals surface area contributed by atoms with E-state index in [-0.39, 0.29) is 30.9 Å². The third kappa shape index (κ3) is 3.80. The second-order valence-corrected chi connectivity index (χ2v) is 7.15. The standard InChI is InChI=1S/C17H22N4O3S/c1-25-7-6-12(10-22)18-17(24)11-8-15(23)21(9-11)16-13-4-2-3-5-14(13)19-20-16/h2-5,11-12,22H,6-10H2,1H3,(H,18,24)(H,19,20)/t11-,12+/m1/s1. The minimum Gasteiger partial charge on any atom is -0.394 e. The van der Waals surface area contributed by atoms with Crippen molar-refractivity contribution in [2.45, 2.75) is 18.9 Å². The number of amides is 2. The van der Waals surface area contributed by atoms with Crippen molar-refractivity contribution in [2.24, 2.45) is 5.92 Å². The first-order valence-electron chi connectivity index (χ1n) is 8.27. The van der Waals surface area contributed by atoms with Crippen molar-refractivity contribution in [3.63, 3.8) is 0 Å². The molecule has 2 atom stereocenters. The molecule has 2 amide bonds. The average Bonchev–Trinajstić information content (AvgIpc) is 3.21. The predicted molar refractivity (Wildman–Crippen MR) is 98.6 cm³/mol. The molecule has 1 fully saturated rings. The van der Waals surface area contributed by atoms with Gasteiger partial charge in [0.25, 0.3) is 0 Å². The van der Waals surface area contributed by atoms with Crippen LogP contribution in [0.4, 0.5) is 5.82 Å². The molecule has 8 heteroatoms. The van der Waals surface area contributed by atoms with E-state index in [1.165, 1.54) is 0 Å². The molecule has 0 bridgehead atoms. The molecule has 0 saturated carbocycles. The number of anilines is 1. The summed E-state index contributed by atoms with van der Waals surface area (Å²) in [5.41, 5.74) is 0.857. The van der Waals surface area contributed by atoms with Gasteiger partial charge in [-0.3, -0.25) is 19.6 Å². The monoisotopic (exact) mass is 362 g/mol. The molecular weight excluding hydrogens is 340 g/mol. The number of para-hydroxylation sites is 1. The zero-order chi connectivity index (χ0) is 17.8. The molecule has 3 N–H and O–H groups in total.